The summed E-state index contributed by atoms with van der Waals surface area (Å²) in [5.41, 5.74) is 3.40. The van der Waals surface area contributed by atoms with Crippen molar-refractivity contribution in [3.05, 3.63) is 59.7 Å². The molecule has 2 aliphatic heterocycles. The maximum absolute atomic E-state index is 11.7. The summed E-state index contributed by atoms with van der Waals surface area (Å²) in [6.07, 6.45) is 5.68. The Kier molecular flexibility index (Phi) is 6.11. The van der Waals surface area contributed by atoms with Crippen molar-refractivity contribution in [3.8, 4) is 5.75 Å². The molecule has 1 spiro atoms. The van der Waals surface area contributed by atoms with Crippen molar-refractivity contribution in [2.75, 3.05) is 31.6 Å². The highest BCUT2D eigenvalue weighted by molar-refractivity contribution is 5.82. The van der Waals surface area contributed by atoms with E-state index in [-0.39, 0.29) is 17.6 Å². The largest absolute Gasteiger partial charge is 0.487 e. The number of ether oxygens (including phenoxy) is 1. The normalized spacial score (nSPS) is 21.8. The number of piperazine rings is 1. The van der Waals surface area contributed by atoms with Gasteiger partial charge in [0.25, 0.3) is 0 Å². The first-order valence-corrected chi connectivity index (χ1v) is 12.0. The maximum Gasteiger partial charge on any atom is 0.239 e. The Balaban J connectivity index is 1.22. The molecule has 1 saturated heterocycles. The molecule has 33 heavy (non-hydrogen) atoms. The van der Waals surface area contributed by atoms with E-state index in [4.69, 9.17) is 4.74 Å². The molecular weight excluding hydrogens is 414 g/mol. The average Bonchev–Trinajstić information content (AvgIpc) is 3.29. The standard InChI is InChI=1S/C26H33N5O2/c1-27-25(29-17-19-8-10-20(11-9-19)31-15-14-28-24(32)18-31)30-22-16-26(12-4-5-13-26)33-23-7-3-2-6-21(22)23/h2-3,6-11,22H,4-5,12-18H2,1H3,(H,28,32)(H2,27,29,30). The first-order valence-electron chi connectivity index (χ1n) is 12.0. The molecule has 1 unspecified atom stereocenters. The van der Waals surface area contributed by atoms with Crippen molar-refractivity contribution < 1.29 is 9.53 Å². The predicted octanol–water partition coefficient (Wildman–Crippen LogP) is 3.12. The van der Waals surface area contributed by atoms with E-state index in [1.54, 1.807) is 0 Å². The molecule has 1 aliphatic carbocycles. The van der Waals surface area contributed by atoms with Crippen molar-refractivity contribution in [3.63, 3.8) is 0 Å². The highest BCUT2D eigenvalue weighted by atomic mass is 16.5. The van der Waals surface area contributed by atoms with E-state index < -0.39 is 0 Å². The number of anilines is 1. The number of hydrogen-bond acceptors (Lipinski definition) is 4. The molecule has 2 aromatic rings. The molecule has 0 aromatic heterocycles. The van der Waals surface area contributed by atoms with Gasteiger partial charge in [-0.3, -0.25) is 9.79 Å². The second kappa shape index (κ2) is 9.33. The zero-order valence-electron chi connectivity index (χ0n) is 19.3. The van der Waals surface area contributed by atoms with E-state index in [2.05, 4.69) is 74.4 Å². The van der Waals surface area contributed by atoms with Crippen LogP contribution in [0.15, 0.2) is 53.5 Å². The quantitative estimate of drug-likeness (QED) is 0.496. The Bertz CT molecular complexity index is 1010. The highest BCUT2D eigenvalue weighted by Crippen LogP contribution is 2.46. The minimum atomic E-state index is -0.0495. The number of hydrogen-bond donors (Lipinski definition) is 3. The van der Waals surface area contributed by atoms with Crippen LogP contribution in [0.2, 0.25) is 0 Å². The lowest BCUT2D eigenvalue weighted by Gasteiger charge is -2.40. The molecular formula is C26H33N5O2. The molecule has 0 bridgehead atoms. The fourth-order valence-corrected chi connectivity index (χ4v) is 5.30. The maximum atomic E-state index is 11.7. The van der Waals surface area contributed by atoms with Gasteiger partial charge in [0.1, 0.15) is 11.4 Å². The van der Waals surface area contributed by atoms with Crippen molar-refractivity contribution in [2.45, 2.75) is 50.3 Å². The Morgan fingerprint density at radius 2 is 1.97 bits per heavy atom. The van der Waals surface area contributed by atoms with Crippen LogP contribution in [0.3, 0.4) is 0 Å². The van der Waals surface area contributed by atoms with Gasteiger partial charge in [-0.2, -0.15) is 0 Å². The summed E-state index contributed by atoms with van der Waals surface area (Å²) < 4.78 is 6.49. The van der Waals surface area contributed by atoms with E-state index in [9.17, 15) is 4.79 Å². The molecule has 2 fully saturated rings. The van der Waals surface area contributed by atoms with Crippen molar-refractivity contribution >= 4 is 17.6 Å². The molecule has 0 radical (unpaired) electrons. The monoisotopic (exact) mass is 447 g/mol. The number of carbonyl (C=O) groups is 1. The summed E-state index contributed by atoms with van der Waals surface area (Å²) in [6, 6.07) is 16.9. The number of aliphatic imine (C=N–C) groups is 1. The molecule has 1 amide bonds. The van der Waals surface area contributed by atoms with Gasteiger partial charge in [-0.1, -0.05) is 30.3 Å². The summed E-state index contributed by atoms with van der Waals surface area (Å²) in [7, 11) is 1.82. The van der Waals surface area contributed by atoms with Crippen LogP contribution >= 0.6 is 0 Å². The van der Waals surface area contributed by atoms with Gasteiger partial charge in [0.15, 0.2) is 5.96 Å². The number of para-hydroxylation sites is 1. The minimum absolute atomic E-state index is 0.0495. The molecule has 7 nitrogen and oxygen atoms in total. The van der Waals surface area contributed by atoms with Crippen LogP contribution in [0.1, 0.15) is 49.3 Å². The van der Waals surface area contributed by atoms with Crippen LogP contribution in [0.5, 0.6) is 5.75 Å². The lowest BCUT2D eigenvalue weighted by atomic mass is 9.86. The Morgan fingerprint density at radius 3 is 2.73 bits per heavy atom. The molecule has 1 atom stereocenters. The van der Waals surface area contributed by atoms with E-state index >= 15 is 0 Å². The first-order chi connectivity index (χ1) is 16.1. The summed E-state index contributed by atoms with van der Waals surface area (Å²) >= 11 is 0. The number of amides is 1. The summed E-state index contributed by atoms with van der Waals surface area (Å²) in [4.78, 5) is 18.3. The molecule has 2 heterocycles. The summed E-state index contributed by atoms with van der Waals surface area (Å²) in [5, 5.41) is 10.00. The van der Waals surface area contributed by atoms with E-state index in [1.165, 1.54) is 24.0 Å². The van der Waals surface area contributed by atoms with Crippen LogP contribution < -0.4 is 25.6 Å². The van der Waals surface area contributed by atoms with Gasteiger partial charge in [0.2, 0.25) is 5.91 Å². The molecule has 3 N–H and O–H groups in total. The lowest BCUT2D eigenvalue weighted by Crippen LogP contribution is -2.47. The van der Waals surface area contributed by atoms with Crippen molar-refractivity contribution in [2.24, 2.45) is 4.99 Å². The zero-order chi connectivity index (χ0) is 22.7. The van der Waals surface area contributed by atoms with Crippen LogP contribution in [0.4, 0.5) is 5.69 Å². The minimum Gasteiger partial charge on any atom is -0.487 e. The van der Waals surface area contributed by atoms with E-state index in [0.717, 1.165) is 43.2 Å². The van der Waals surface area contributed by atoms with Crippen LogP contribution in [0.25, 0.3) is 0 Å². The number of fused-ring (bicyclic) bond motifs is 1. The Morgan fingerprint density at radius 1 is 1.18 bits per heavy atom. The van der Waals surface area contributed by atoms with Gasteiger partial charge in [0.05, 0.1) is 12.6 Å². The van der Waals surface area contributed by atoms with Gasteiger partial charge in [0, 0.05) is 44.4 Å². The first kappa shape index (κ1) is 21.6. The molecule has 7 heteroatoms. The Labute approximate surface area is 195 Å². The number of nitrogens with one attached hydrogen (secondary N) is 3. The van der Waals surface area contributed by atoms with Gasteiger partial charge in [-0.15, -0.1) is 0 Å². The SMILES string of the molecule is CN=C(NCc1ccc(N2CCNC(=O)C2)cc1)NC1CC2(CCCC2)Oc2ccccc21. The van der Waals surface area contributed by atoms with Crippen LogP contribution in [-0.2, 0) is 11.3 Å². The molecule has 2 aromatic carbocycles. The third-order valence-electron chi connectivity index (χ3n) is 7.05. The second-order valence-electron chi connectivity index (χ2n) is 9.29. The summed E-state index contributed by atoms with van der Waals surface area (Å²) in [5.74, 6) is 1.87. The number of benzene rings is 2. The number of rotatable bonds is 4. The molecule has 1 saturated carbocycles. The van der Waals surface area contributed by atoms with Gasteiger partial charge >= 0.3 is 0 Å². The number of carbonyl (C=O) groups excluding carboxylic acids is 1. The molecule has 5 rings (SSSR count). The fraction of sp³-hybridized carbons (Fsp3) is 0.462. The van der Waals surface area contributed by atoms with Crippen LogP contribution in [0, 0.1) is 0 Å². The third-order valence-corrected chi connectivity index (χ3v) is 7.05. The molecule has 3 aliphatic rings. The van der Waals surface area contributed by atoms with Gasteiger partial charge in [-0.05, 0) is 49.4 Å². The fourth-order valence-electron chi connectivity index (χ4n) is 5.30. The number of guanidine groups is 1. The van der Waals surface area contributed by atoms with Gasteiger partial charge < -0.3 is 25.6 Å². The smallest absolute Gasteiger partial charge is 0.239 e. The van der Waals surface area contributed by atoms with E-state index in [0.29, 0.717) is 19.6 Å². The Hall–Kier alpha value is -3.22. The van der Waals surface area contributed by atoms with Gasteiger partial charge in [-0.25, -0.2) is 0 Å². The van der Waals surface area contributed by atoms with E-state index in [1.807, 2.05) is 7.05 Å². The second-order valence-corrected chi connectivity index (χ2v) is 9.29. The third kappa shape index (κ3) is 4.77. The lowest BCUT2D eigenvalue weighted by molar-refractivity contribution is -0.120. The number of nitrogens with zero attached hydrogens (tertiary/aromatic N) is 2. The predicted molar refractivity (Wildman–Crippen MR) is 131 cm³/mol. The van der Waals surface area contributed by atoms with Crippen molar-refractivity contribution in [1.82, 2.24) is 16.0 Å². The highest BCUT2D eigenvalue weighted by Gasteiger charge is 2.43. The molecule has 174 valence electrons. The van der Waals surface area contributed by atoms with Crippen LogP contribution in [-0.4, -0.2) is 44.1 Å². The topological polar surface area (TPSA) is 78.0 Å². The zero-order valence-corrected chi connectivity index (χ0v) is 19.3. The van der Waals surface area contributed by atoms with Crippen molar-refractivity contribution in [1.29, 1.82) is 0 Å². The average molecular weight is 448 g/mol. The summed E-state index contributed by atoms with van der Waals surface area (Å²) in [6.45, 7) is 2.63.